The van der Waals surface area contributed by atoms with Gasteiger partial charge in [0.15, 0.2) is 0 Å². The van der Waals surface area contributed by atoms with E-state index < -0.39 is 0 Å². The van der Waals surface area contributed by atoms with Crippen molar-refractivity contribution in [2.45, 2.75) is 25.7 Å². The van der Waals surface area contributed by atoms with Gasteiger partial charge in [0, 0.05) is 23.2 Å². The van der Waals surface area contributed by atoms with Gasteiger partial charge in [-0.3, -0.25) is 9.97 Å². The first-order chi connectivity index (χ1) is 11.7. The highest BCUT2D eigenvalue weighted by molar-refractivity contribution is 5.80. The van der Waals surface area contributed by atoms with E-state index in [1.54, 1.807) is 0 Å². The second-order valence-electron chi connectivity index (χ2n) is 6.49. The van der Waals surface area contributed by atoms with Crippen LogP contribution in [-0.2, 0) is 0 Å². The Kier molecular flexibility index (Phi) is 3.73. The molecule has 0 saturated heterocycles. The van der Waals surface area contributed by atoms with E-state index in [1.165, 1.54) is 21.9 Å². The average molecular weight is 312 g/mol. The minimum Gasteiger partial charge on any atom is -0.256 e. The number of rotatable bonds is 3. The number of hydrogen-bond donors (Lipinski definition) is 0. The highest BCUT2D eigenvalue weighted by Gasteiger charge is 2.17. The fraction of sp³-hybridized carbons (Fsp3) is 0.182. The summed E-state index contributed by atoms with van der Waals surface area (Å²) in [7, 11) is 0. The number of benzene rings is 2. The molecule has 118 valence electrons. The lowest BCUT2D eigenvalue weighted by molar-refractivity contribution is 0.625. The summed E-state index contributed by atoms with van der Waals surface area (Å²) in [6.45, 7) is 4.60. The van der Waals surface area contributed by atoms with Gasteiger partial charge >= 0.3 is 0 Å². The van der Waals surface area contributed by atoms with Gasteiger partial charge < -0.3 is 0 Å². The van der Waals surface area contributed by atoms with Crippen LogP contribution in [0.2, 0.25) is 0 Å². The van der Waals surface area contributed by atoms with Gasteiger partial charge in [-0.25, -0.2) is 0 Å². The van der Waals surface area contributed by atoms with Gasteiger partial charge in [-0.1, -0.05) is 38.1 Å². The molecule has 0 aliphatic carbocycles. The molecule has 4 rings (SSSR count). The molecule has 24 heavy (non-hydrogen) atoms. The molecule has 2 heterocycles. The van der Waals surface area contributed by atoms with Crippen LogP contribution in [0.4, 0.5) is 0 Å². The van der Waals surface area contributed by atoms with Gasteiger partial charge in [-0.2, -0.15) is 0 Å². The predicted molar refractivity (Wildman–Crippen MR) is 100 cm³/mol. The zero-order valence-corrected chi connectivity index (χ0v) is 14.0. The van der Waals surface area contributed by atoms with Crippen molar-refractivity contribution in [1.82, 2.24) is 9.97 Å². The lowest BCUT2D eigenvalue weighted by atomic mass is 9.83. The van der Waals surface area contributed by atoms with Crippen molar-refractivity contribution in [3.63, 3.8) is 0 Å². The number of aromatic nitrogens is 2. The summed E-state index contributed by atoms with van der Waals surface area (Å²) in [5, 5.41) is 2.41. The van der Waals surface area contributed by atoms with Crippen molar-refractivity contribution in [1.29, 1.82) is 0 Å². The van der Waals surface area contributed by atoms with Gasteiger partial charge in [0.2, 0.25) is 0 Å². The van der Waals surface area contributed by atoms with Crippen molar-refractivity contribution in [2.24, 2.45) is 0 Å². The minimum atomic E-state index is 0.434. The Morgan fingerprint density at radius 2 is 1.08 bits per heavy atom. The maximum absolute atomic E-state index is 4.41. The maximum atomic E-state index is 4.41. The van der Waals surface area contributed by atoms with E-state index in [2.05, 4.69) is 72.3 Å². The third kappa shape index (κ3) is 2.65. The lowest BCUT2D eigenvalue weighted by Crippen LogP contribution is -2.05. The zero-order chi connectivity index (χ0) is 16.5. The normalized spacial score (nSPS) is 13.9. The van der Waals surface area contributed by atoms with Crippen molar-refractivity contribution >= 4 is 21.8 Å². The topological polar surface area (TPSA) is 25.8 Å². The molecule has 2 heteroatoms. The van der Waals surface area contributed by atoms with E-state index in [-0.39, 0.29) is 0 Å². The standard InChI is InChI=1S/C22H20N2/c1-15(17-7-9-21-19(13-17)5-3-11-23-21)16(2)18-8-10-22-20(14-18)6-4-12-24-22/h3-16H,1-2H3. The van der Waals surface area contributed by atoms with E-state index in [4.69, 9.17) is 0 Å². The summed E-state index contributed by atoms with van der Waals surface area (Å²) in [5.41, 5.74) is 4.82. The predicted octanol–water partition coefficient (Wildman–Crippen LogP) is 5.69. The molecule has 2 nitrogen and oxygen atoms in total. The number of hydrogen-bond acceptors (Lipinski definition) is 2. The average Bonchev–Trinajstić information content (AvgIpc) is 2.66. The van der Waals surface area contributed by atoms with E-state index >= 15 is 0 Å². The summed E-state index contributed by atoms with van der Waals surface area (Å²) in [6, 6.07) is 21.5. The van der Waals surface area contributed by atoms with Crippen LogP contribution in [0, 0.1) is 0 Å². The van der Waals surface area contributed by atoms with Crippen LogP contribution in [0.3, 0.4) is 0 Å². The fourth-order valence-corrected chi connectivity index (χ4v) is 3.33. The second kappa shape index (κ2) is 6.04. The molecule has 4 aromatic rings. The summed E-state index contributed by atoms with van der Waals surface area (Å²) in [5.74, 6) is 0.868. The monoisotopic (exact) mass is 312 g/mol. The van der Waals surface area contributed by atoms with Gasteiger partial charge in [-0.15, -0.1) is 0 Å². The zero-order valence-electron chi connectivity index (χ0n) is 14.0. The molecule has 0 amide bonds. The van der Waals surface area contributed by atoms with Crippen LogP contribution >= 0.6 is 0 Å². The second-order valence-corrected chi connectivity index (χ2v) is 6.49. The Morgan fingerprint density at radius 3 is 1.54 bits per heavy atom. The van der Waals surface area contributed by atoms with Gasteiger partial charge in [0.25, 0.3) is 0 Å². The van der Waals surface area contributed by atoms with Crippen molar-refractivity contribution in [3.8, 4) is 0 Å². The molecule has 0 saturated carbocycles. The molecule has 2 aromatic carbocycles. The quantitative estimate of drug-likeness (QED) is 0.485. The molecule has 0 N–H and O–H groups in total. The largest absolute Gasteiger partial charge is 0.256 e. The molecule has 0 bridgehead atoms. The summed E-state index contributed by atoms with van der Waals surface area (Å²) in [4.78, 5) is 8.82. The van der Waals surface area contributed by atoms with Crippen molar-refractivity contribution in [2.75, 3.05) is 0 Å². The molecule has 0 aliphatic rings. The van der Waals surface area contributed by atoms with Crippen LogP contribution in [0.15, 0.2) is 73.1 Å². The molecular formula is C22H20N2. The van der Waals surface area contributed by atoms with Crippen LogP contribution in [-0.4, -0.2) is 9.97 Å². The van der Waals surface area contributed by atoms with Crippen LogP contribution in [0.1, 0.15) is 36.8 Å². The first-order valence-electron chi connectivity index (χ1n) is 8.42. The first kappa shape index (κ1) is 14.8. The molecule has 2 unspecified atom stereocenters. The molecule has 2 aromatic heterocycles. The highest BCUT2D eigenvalue weighted by Crippen LogP contribution is 2.34. The Labute approximate surface area is 142 Å². The van der Waals surface area contributed by atoms with E-state index in [0.717, 1.165) is 11.0 Å². The van der Waals surface area contributed by atoms with E-state index in [9.17, 15) is 0 Å². The maximum Gasteiger partial charge on any atom is 0.0702 e. The third-order valence-electron chi connectivity index (χ3n) is 5.06. The lowest BCUT2D eigenvalue weighted by Gasteiger charge is -2.21. The highest BCUT2D eigenvalue weighted by atomic mass is 14.6. The smallest absolute Gasteiger partial charge is 0.0702 e. The molecule has 0 aliphatic heterocycles. The number of fused-ring (bicyclic) bond motifs is 2. The Bertz CT molecular complexity index is 923. The van der Waals surface area contributed by atoms with Crippen molar-refractivity contribution < 1.29 is 0 Å². The fourth-order valence-electron chi connectivity index (χ4n) is 3.33. The Hall–Kier alpha value is -2.74. The minimum absolute atomic E-state index is 0.434. The summed E-state index contributed by atoms with van der Waals surface area (Å²) in [6.07, 6.45) is 3.69. The molecular weight excluding hydrogens is 292 g/mol. The summed E-state index contributed by atoms with van der Waals surface area (Å²) >= 11 is 0. The van der Waals surface area contributed by atoms with Crippen LogP contribution in [0.25, 0.3) is 21.8 Å². The van der Waals surface area contributed by atoms with E-state index in [0.29, 0.717) is 11.8 Å². The molecule has 0 fully saturated rings. The van der Waals surface area contributed by atoms with Crippen molar-refractivity contribution in [3.05, 3.63) is 84.2 Å². The third-order valence-corrected chi connectivity index (χ3v) is 5.06. The van der Waals surface area contributed by atoms with Gasteiger partial charge in [0.05, 0.1) is 11.0 Å². The van der Waals surface area contributed by atoms with Crippen LogP contribution in [0.5, 0.6) is 0 Å². The Morgan fingerprint density at radius 1 is 0.625 bits per heavy atom. The molecule has 2 atom stereocenters. The SMILES string of the molecule is CC(c1ccc2ncccc2c1)C(C)c1ccc2ncccc2c1. The van der Waals surface area contributed by atoms with Gasteiger partial charge in [-0.05, 0) is 59.4 Å². The summed E-state index contributed by atoms with van der Waals surface area (Å²) < 4.78 is 0. The Balaban J connectivity index is 1.69. The number of pyridine rings is 2. The van der Waals surface area contributed by atoms with E-state index in [1.807, 2.05) is 24.5 Å². The number of nitrogens with zero attached hydrogens (tertiary/aromatic N) is 2. The first-order valence-corrected chi connectivity index (χ1v) is 8.42. The van der Waals surface area contributed by atoms with Gasteiger partial charge in [0.1, 0.15) is 0 Å². The molecule has 0 spiro atoms. The van der Waals surface area contributed by atoms with Crippen LogP contribution < -0.4 is 0 Å². The molecule has 0 radical (unpaired) electrons.